The molecule has 2 aromatic rings. The first-order valence-electron chi connectivity index (χ1n) is 6.70. The number of alkyl halides is 5. The molecule has 1 aliphatic carbocycles. The van der Waals surface area contributed by atoms with Gasteiger partial charge in [-0.3, -0.25) is 0 Å². The Labute approximate surface area is 147 Å². The first-order valence-corrected chi connectivity index (χ1v) is 7.46. The van der Waals surface area contributed by atoms with E-state index in [-0.39, 0.29) is 22.8 Å². The SMILES string of the molecule is N#Cc1nn(-c2c(Cl)cc(C(F)(F)F)cc2Cl)c(N)c1C1CC1(F)F. The summed E-state index contributed by atoms with van der Waals surface area (Å²) in [5.41, 5.74) is 3.98. The van der Waals surface area contributed by atoms with Gasteiger partial charge >= 0.3 is 6.18 Å². The van der Waals surface area contributed by atoms with Crippen molar-refractivity contribution in [2.24, 2.45) is 0 Å². The second kappa shape index (κ2) is 5.47. The van der Waals surface area contributed by atoms with Crippen molar-refractivity contribution in [2.45, 2.75) is 24.4 Å². The van der Waals surface area contributed by atoms with Gasteiger partial charge in [-0.05, 0) is 12.1 Å². The Balaban J connectivity index is 2.17. The Morgan fingerprint density at radius 3 is 2.20 bits per heavy atom. The van der Waals surface area contributed by atoms with Gasteiger partial charge in [-0.25, -0.2) is 13.5 Å². The standard InChI is InChI=1S/C14H7Cl2F5N4/c15-7-1-5(14(19,20)21)2-8(16)11(7)25-12(23)10(9(4-22)24-25)6-3-13(6,17)18/h1-2,6H,3,23H2. The summed E-state index contributed by atoms with van der Waals surface area (Å²) in [5.74, 6) is -4.61. The zero-order valence-corrected chi connectivity index (χ0v) is 13.5. The summed E-state index contributed by atoms with van der Waals surface area (Å²) < 4.78 is 65.9. The molecule has 3 rings (SSSR count). The first-order chi connectivity index (χ1) is 11.5. The third-order valence-corrected chi connectivity index (χ3v) is 4.37. The number of nitrogens with two attached hydrogens (primary N) is 1. The number of benzene rings is 1. The van der Waals surface area contributed by atoms with E-state index >= 15 is 0 Å². The lowest BCUT2D eigenvalue weighted by atomic mass is 10.1. The van der Waals surface area contributed by atoms with Crippen molar-refractivity contribution in [1.82, 2.24) is 9.78 Å². The van der Waals surface area contributed by atoms with Crippen LogP contribution in [0.3, 0.4) is 0 Å². The summed E-state index contributed by atoms with van der Waals surface area (Å²) in [5, 5.41) is 12.0. The Morgan fingerprint density at radius 2 is 1.80 bits per heavy atom. The number of anilines is 1. The molecule has 1 unspecified atom stereocenters. The van der Waals surface area contributed by atoms with Gasteiger partial charge in [0.1, 0.15) is 17.6 Å². The number of hydrogen-bond acceptors (Lipinski definition) is 3. The number of halogens is 7. The minimum Gasteiger partial charge on any atom is -0.383 e. The largest absolute Gasteiger partial charge is 0.416 e. The monoisotopic (exact) mass is 396 g/mol. The van der Waals surface area contributed by atoms with E-state index in [1.807, 2.05) is 0 Å². The molecular weight excluding hydrogens is 390 g/mol. The summed E-state index contributed by atoms with van der Waals surface area (Å²) in [6, 6.07) is 2.87. The molecule has 1 fully saturated rings. The molecule has 0 amide bonds. The van der Waals surface area contributed by atoms with Crippen LogP contribution < -0.4 is 5.73 Å². The number of rotatable bonds is 2. The Bertz CT molecular complexity index is 890. The lowest BCUT2D eigenvalue weighted by Gasteiger charge is -2.13. The molecule has 132 valence electrons. The van der Waals surface area contributed by atoms with Gasteiger partial charge in [-0.15, -0.1) is 0 Å². The molecule has 1 aliphatic rings. The average molecular weight is 397 g/mol. The fraction of sp³-hybridized carbons (Fsp3) is 0.286. The first kappa shape index (κ1) is 17.8. The third-order valence-electron chi connectivity index (χ3n) is 3.80. The highest BCUT2D eigenvalue weighted by Gasteiger charge is 2.60. The summed E-state index contributed by atoms with van der Waals surface area (Å²) >= 11 is 11.7. The van der Waals surface area contributed by atoms with Gasteiger partial charge in [0.15, 0.2) is 5.69 Å². The Kier molecular flexibility index (Phi) is 3.89. The van der Waals surface area contributed by atoms with Gasteiger partial charge in [-0.1, -0.05) is 23.2 Å². The van der Waals surface area contributed by atoms with Crippen LogP contribution in [0, 0.1) is 11.3 Å². The lowest BCUT2D eigenvalue weighted by molar-refractivity contribution is -0.137. The fourth-order valence-corrected chi connectivity index (χ4v) is 3.14. The zero-order valence-electron chi connectivity index (χ0n) is 12.0. The van der Waals surface area contributed by atoms with E-state index in [0.717, 1.165) is 4.68 Å². The molecule has 1 heterocycles. The van der Waals surface area contributed by atoms with Crippen molar-refractivity contribution in [3.05, 3.63) is 39.0 Å². The van der Waals surface area contributed by atoms with E-state index in [0.29, 0.717) is 12.1 Å². The molecule has 2 N–H and O–H groups in total. The highest BCUT2D eigenvalue weighted by Crippen LogP contribution is 2.58. The van der Waals surface area contributed by atoms with E-state index in [2.05, 4.69) is 5.10 Å². The normalized spacial score (nSPS) is 18.9. The molecular formula is C14H7Cl2F5N4. The molecule has 0 spiro atoms. The minimum absolute atomic E-state index is 0.167. The van der Waals surface area contributed by atoms with Crippen LogP contribution in [0.5, 0.6) is 0 Å². The van der Waals surface area contributed by atoms with E-state index < -0.39 is 40.0 Å². The molecule has 11 heteroatoms. The van der Waals surface area contributed by atoms with Crippen LogP contribution in [0.1, 0.15) is 29.2 Å². The third kappa shape index (κ3) is 2.89. The van der Waals surface area contributed by atoms with Crippen LogP contribution in [-0.4, -0.2) is 15.7 Å². The molecule has 0 bridgehead atoms. The maximum Gasteiger partial charge on any atom is 0.416 e. The van der Waals surface area contributed by atoms with E-state index in [9.17, 15) is 22.0 Å². The molecule has 0 aliphatic heterocycles. The predicted molar refractivity (Wildman–Crippen MR) is 80.0 cm³/mol. The molecule has 0 radical (unpaired) electrons. The van der Waals surface area contributed by atoms with Crippen LogP contribution in [0.15, 0.2) is 12.1 Å². The van der Waals surface area contributed by atoms with E-state index in [1.54, 1.807) is 6.07 Å². The van der Waals surface area contributed by atoms with Gasteiger partial charge < -0.3 is 5.73 Å². The summed E-state index contributed by atoms with van der Waals surface area (Å²) in [6.07, 6.45) is -5.17. The van der Waals surface area contributed by atoms with Crippen LogP contribution in [0.4, 0.5) is 27.8 Å². The van der Waals surface area contributed by atoms with Crippen molar-refractivity contribution in [3.8, 4) is 11.8 Å². The van der Waals surface area contributed by atoms with E-state index in [1.165, 1.54) is 0 Å². The topological polar surface area (TPSA) is 67.6 Å². The van der Waals surface area contributed by atoms with Crippen LogP contribution in [0.25, 0.3) is 5.69 Å². The Morgan fingerprint density at radius 1 is 1.28 bits per heavy atom. The summed E-state index contributed by atoms with van der Waals surface area (Å²) in [7, 11) is 0. The number of aromatic nitrogens is 2. The minimum atomic E-state index is -4.68. The maximum absolute atomic E-state index is 13.4. The smallest absolute Gasteiger partial charge is 0.383 e. The zero-order chi connectivity index (χ0) is 18.7. The quantitative estimate of drug-likeness (QED) is 0.743. The van der Waals surface area contributed by atoms with Crippen molar-refractivity contribution < 1.29 is 22.0 Å². The van der Waals surface area contributed by atoms with Gasteiger partial charge in [0.25, 0.3) is 5.92 Å². The second-order valence-electron chi connectivity index (χ2n) is 5.48. The fourth-order valence-electron chi connectivity index (χ4n) is 2.50. The van der Waals surface area contributed by atoms with E-state index in [4.69, 9.17) is 34.2 Å². The Hall–Kier alpha value is -2.05. The van der Waals surface area contributed by atoms with Crippen LogP contribution >= 0.6 is 23.2 Å². The van der Waals surface area contributed by atoms with Gasteiger partial charge in [0, 0.05) is 12.0 Å². The van der Waals surface area contributed by atoms with Crippen molar-refractivity contribution in [1.29, 1.82) is 5.26 Å². The number of nitrogen functional groups attached to an aromatic ring is 1. The van der Waals surface area contributed by atoms with Gasteiger partial charge in [0.2, 0.25) is 0 Å². The van der Waals surface area contributed by atoms with Crippen molar-refractivity contribution in [2.75, 3.05) is 5.73 Å². The molecule has 1 saturated carbocycles. The molecule has 1 atom stereocenters. The summed E-state index contributed by atoms with van der Waals surface area (Å²) in [4.78, 5) is 0. The summed E-state index contributed by atoms with van der Waals surface area (Å²) in [6.45, 7) is 0. The molecule has 1 aromatic heterocycles. The molecule has 4 nitrogen and oxygen atoms in total. The average Bonchev–Trinajstić information content (AvgIpc) is 2.97. The number of hydrogen-bond donors (Lipinski definition) is 1. The highest BCUT2D eigenvalue weighted by molar-refractivity contribution is 6.38. The van der Waals surface area contributed by atoms with Gasteiger partial charge in [-0.2, -0.15) is 23.5 Å². The van der Waals surface area contributed by atoms with Gasteiger partial charge in [0.05, 0.1) is 21.5 Å². The van der Waals surface area contributed by atoms with Crippen LogP contribution in [-0.2, 0) is 6.18 Å². The van der Waals surface area contributed by atoms with Crippen LogP contribution in [0.2, 0.25) is 10.0 Å². The second-order valence-corrected chi connectivity index (χ2v) is 6.29. The lowest BCUT2D eigenvalue weighted by Crippen LogP contribution is -2.09. The predicted octanol–water partition coefficient (Wildman–Crippen LogP) is 4.77. The highest BCUT2D eigenvalue weighted by atomic mass is 35.5. The van der Waals surface area contributed by atoms with Crippen molar-refractivity contribution >= 4 is 29.0 Å². The van der Waals surface area contributed by atoms with Crippen molar-refractivity contribution in [3.63, 3.8) is 0 Å². The number of nitriles is 1. The number of nitrogens with zero attached hydrogens (tertiary/aromatic N) is 3. The molecule has 1 aromatic carbocycles. The maximum atomic E-state index is 13.4. The molecule has 25 heavy (non-hydrogen) atoms. The molecule has 0 saturated heterocycles.